The second-order valence-corrected chi connectivity index (χ2v) is 4.74. The molecule has 1 fully saturated rings. The lowest BCUT2D eigenvalue weighted by Gasteiger charge is -2.16. The van der Waals surface area contributed by atoms with Gasteiger partial charge in [0.2, 0.25) is 0 Å². The molecule has 0 spiro atoms. The molecule has 1 aromatic carbocycles. The number of aromatic nitrogens is 2. The van der Waals surface area contributed by atoms with E-state index < -0.39 is 0 Å². The van der Waals surface area contributed by atoms with Gasteiger partial charge in [-0.1, -0.05) is 30.3 Å². The summed E-state index contributed by atoms with van der Waals surface area (Å²) < 4.78 is 5.37. The molecule has 98 valence electrons. The molecule has 3 rings (SSSR count). The first-order valence-electron chi connectivity index (χ1n) is 6.54. The quantitative estimate of drug-likeness (QED) is 0.844. The predicted molar refractivity (Wildman–Crippen MR) is 75.1 cm³/mol. The van der Waals surface area contributed by atoms with E-state index >= 15 is 0 Å². The second-order valence-electron chi connectivity index (χ2n) is 4.74. The monoisotopic (exact) mass is 255 g/mol. The largest absolute Gasteiger partial charge is 0.380 e. The zero-order valence-corrected chi connectivity index (χ0v) is 11.0. The van der Waals surface area contributed by atoms with Crippen LogP contribution in [0.4, 0.5) is 5.82 Å². The van der Waals surface area contributed by atoms with Crippen molar-refractivity contribution in [2.75, 3.05) is 25.1 Å². The molecule has 0 saturated carbocycles. The van der Waals surface area contributed by atoms with Gasteiger partial charge < -0.3 is 9.64 Å². The van der Waals surface area contributed by atoms with E-state index in [4.69, 9.17) is 4.74 Å². The van der Waals surface area contributed by atoms with Crippen LogP contribution in [0.25, 0.3) is 11.3 Å². The molecule has 0 radical (unpaired) electrons. The van der Waals surface area contributed by atoms with E-state index in [9.17, 15) is 0 Å². The van der Waals surface area contributed by atoms with Crippen molar-refractivity contribution in [3.8, 4) is 11.3 Å². The van der Waals surface area contributed by atoms with Gasteiger partial charge in [0.25, 0.3) is 0 Å². The highest BCUT2D eigenvalue weighted by atomic mass is 16.5. The maximum absolute atomic E-state index is 5.37. The van der Waals surface area contributed by atoms with Crippen molar-refractivity contribution in [2.24, 2.45) is 0 Å². The molecule has 1 unspecified atom stereocenters. The first kappa shape index (κ1) is 12.1. The van der Waals surface area contributed by atoms with Crippen LogP contribution < -0.4 is 4.90 Å². The van der Waals surface area contributed by atoms with Crippen molar-refractivity contribution < 1.29 is 4.74 Å². The van der Waals surface area contributed by atoms with Crippen LogP contribution in [0.15, 0.2) is 42.5 Å². The summed E-state index contributed by atoms with van der Waals surface area (Å²) in [5.41, 5.74) is 2.00. The molecule has 0 bridgehead atoms. The molecule has 4 nitrogen and oxygen atoms in total. The van der Waals surface area contributed by atoms with Crippen molar-refractivity contribution >= 4 is 5.82 Å². The zero-order chi connectivity index (χ0) is 13.1. The number of ether oxygens (including phenoxy) is 1. The summed E-state index contributed by atoms with van der Waals surface area (Å²) in [6.07, 6.45) is 1.37. The van der Waals surface area contributed by atoms with E-state index in [2.05, 4.69) is 15.1 Å². The predicted octanol–water partition coefficient (Wildman–Crippen LogP) is 2.37. The van der Waals surface area contributed by atoms with Gasteiger partial charge in [0, 0.05) is 25.8 Å². The van der Waals surface area contributed by atoms with E-state index in [1.807, 2.05) is 42.5 Å². The molecule has 1 aliphatic heterocycles. The maximum Gasteiger partial charge on any atom is 0.151 e. The number of hydrogen-bond donors (Lipinski definition) is 0. The molecule has 2 heterocycles. The van der Waals surface area contributed by atoms with Crippen LogP contribution in [0.3, 0.4) is 0 Å². The molecule has 0 aliphatic carbocycles. The zero-order valence-electron chi connectivity index (χ0n) is 11.0. The first-order chi connectivity index (χ1) is 9.36. The van der Waals surface area contributed by atoms with Crippen LogP contribution in [0, 0.1) is 0 Å². The van der Waals surface area contributed by atoms with E-state index in [1.54, 1.807) is 7.11 Å². The topological polar surface area (TPSA) is 38.2 Å². The van der Waals surface area contributed by atoms with Gasteiger partial charge in [-0.05, 0) is 18.6 Å². The van der Waals surface area contributed by atoms with E-state index in [1.165, 1.54) is 0 Å². The molecular weight excluding hydrogens is 238 g/mol. The van der Waals surface area contributed by atoms with Gasteiger partial charge in [-0.3, -0.25) is 0 Å². The van der Waals surface area contributed by atoms with Crippen molar-refractivity contribution in [2.45, 2.75) is 12.5 Å². The molecule has 1 aromatic heterocycles. The Hall–Kier alpha value is -1.94. The van der Waals surface area contributed by atoms with Gasteiger partial charge in [-0.2, -0.15) is 0 Å². The Kier molecular flexibility index (Phi) is 3.42. The van der Waals surface area contributed by atoms with Crippen LogP contribution in [0.2, 0.25) is 0 Å². The lowest BCUT2D eigenvalue weighted by molar-refractivity contribution is 0.121. The normalized spacial score (nSPS) is 18.8. The Morgan fingerprint density at radius 3 is 2.58 bits per heavy atom. The van der Waals surface area contributed by atoms with E-state index in [0.29, 0.717) is 6.10 Å². The van der Waals surface area contributed by atoms with Gasteiger partial charge >= 0.3 is 0 Å². The number of hydrogen-bond acceptors (Lipinski definition) is 4. The van der Waals surface area contributed by atoms with Crippen LogP contribution in [-0.4, -0.2) is 36.5 Å². The summed E-state index contributed by atoms with van der Waals surface area (Å²) >= 11 is 0. The fraction of sp³-hybridized carbons (Fsp3) is 0.333. The fourth-order valence-corrected chi connectivity index (χ4v) is 2.39. The third-order valence-electron chi connectivity index (χ3n) is 3.52. The highest BCUT2D eigenvalue weighted by Gasteiger charge is 2.23. The third kappa shape index (κ3) is 2.58. The van der Waals surface area contributed by atoms with Gasteiger partial charge in [-0.15, -0.1) is 10.2 Å². The molecule has 0 amide bonds. The number of methoxy groups -OCH3 is 1. The average Bonchev–Trinajstić information content (AvgIpc) is 2.97. The van der Waals surface area contributed by atoms with Gasteiger partial charge in [0.05, 0.1) is 11.8 Å². The van der Waals surface area contributed by atoms with Crippen LogP contribution in [0.1, 0.15) is 6.42 Å². The standard InChI is InChI=1S/C15H17N3O/c1-19-13-9-10-18(11-13)15-8-7-14(16-17-15)12-5-3-2-4-6-12/h2-8,13H,9-11H2,1H3. The Labute approximate surface area is 113 Å². The minimum Gasteiger partial charge on any atom is -0.380 e. The molecule has 2 aromatic rings. The minimum atomic E-state index is 0.315. The maximum atomic E-state index is 5.37. The average molecular weight is 255 g/mol. The Bertz CT molecular complexity index is 527. The van der Waals surface area contributed by atoms with Crippen LogP contribution in [-0.2, 0) is 4.74 Å². The number of benzene rings is 1. The molecular formula is C15H17N3O. The van der Waals surface area contributed by atoms with Gasteiger partial charge in [0.1, 0.15) is 0 Å². The third-order valence-corrected chi connectivity index (χ3v) is 3.52. The summed E-state index contributed by atoms with van der Waals surface area (Å²) in [5, 5.41) is 8.64. The Morgan fingerprint density at radius 1 is 1.11 bits per heavy atom. The lowest BCUT2D eigenvalue weighted by atomic mass is 10.1. The van der Waals surface area contributed by atoms with Crippen molar-refractivity contribution in [3.63, 3.8) is 0 Å². The van der Waals surface area contributed by atoms with Crippen LogP contribution >= 0.6 is 0 Å². The SMILES string of the molecule is COC1CCN(c2ccc(-c3ccccc3)nn2)C1. The lowest BCUT2D eigenvalue weighted by Crippen LogP contribution is -2.23. The van der Waals surface area contributed by atoms with Crippen molar-refractivity contribution in [3.05, 3.63) is 42.5 Å². The fourth-order valence-electron chi connectivity index (χ4n) is 2.39. The Balaban J connectivity index is 1.76. The molecule has 1 aliphatic rings. The smallest absolute Gasteiger partial charge is 0.151 e. The van der Waals surface area contributed by atoms with E-state index in [0.717, 1.165) is 36.6 Å². The first-order valence-corrected chi connectivity index (χ1v) is 6.54. The summed E-state index contributed by atoms with van der Waals surface area (Å²) in [7, 11) is 1.76. The second kappa shape index (κ2) is 5.36. The summed E-state index contributed by atoms with van der Waals surface area (Å²) in [5.74, 6) is 0.930. The summed E-state index contributed by atoms with van der Waals surface area (Å²) in [4.78, 5) is 2.22. The van der Waals surface area contributed by atoms with E-state index in [-0.39, 0.29) is 0 Å². The van der Waals surface area contributed by atoms with Gasteiger partial charge in [0.15, 0.2) is 5.82 Å². The van der Waals surface area contributed by atoms with Crippen molar-refractivity contribution in [1.82, 2.24) is 10.2 Å². The van der Waals surface area contributed by atoms with Crippen molar-refractivity contribution in [1.29, 1.82) is 0 Å². The van der Waals surface area contributed by atoms with Gasteiger partial charge in [-0.25, -0.2) is 0 Å². The molecule has 1 saturated heterocycles. The molecule has 1 atom stereocenters. The number of nitrogens with zero attached hydrogens (tertiary/aromatic N) is 3. The molecule has 4 heteroatoms. The molecule has 19 heavy (non-hydrogen) atoms. The van der Waals surface area contributed by atoms with Crippen LogP contribution in [0.5, 0.6) is 0 Å². The summed E-state index contributed by atoms with van der Waals surface area (Å²) in [6, 6.07) is 14.2. The highest BCUT2D eigenvalue weighted by Crippen LogP contribution is 2.21. The highest BCUT2D eigenvalue weighted by molar-refractivity contribution is 5.59. The molecule has 0 N–H and O–H groups in total. The minimum absolute atomic E-state index is 0.315. The Morgan fingerprint density at radius 2 is 1.95 bits per heavy atom. The number of rotatable bonds is 3. The number of anilines is 1. The summed E-state index contributed by atoms with van der Waals surface area (Å²) in [6.45, 7) is 1.88.